The van der Waals surface area contributed by atoms with Gasteiger partial charge in [0.15, 0.2) is 5.49 Å². The summed E-state index contributed by atoms with van der Waals surface area (Å²) in [5.74, 6) is -0.755. The number of ether oxygens (including phenoxy) is 2. The molecular weight excluding hydrogens is 411 g/mol. The molecule has 1 atom stereocenters. The third-order valence-corrected chi connectivity index (χ3v) is 5.38. The molecule has 31 heavy (non-hydrogen) atoms. The van der Waals surface area contributed by atoms with Crippen LogP contribution in [0, 0.1) is 0 Å². The van der Waals surface area contributed by atoms with Gasteiger partial charge in [-0.3, -0.25) is 14.2 Å². The number of aromatic nitrogens is 2. The molecule has 1 saturated heterocycles. The molecule has 1 aliphatic rings. The van der Waals surface area contributed by atoms with Gasteiger partial charge in [-0.1, -0.05) is 20.8 Å². The molecule has 1 fully saturated rings. The molecule has 1 aromatic heterocycles. The Morgan fingerprint density at radius 1 is 1.26 bits per heavy atom. The van der Waals surface area contributed by atoms with Crippen molar-refractivity contribution in [3.8, 4) is 5.75 Å². The van der Waals surface area contributed by atoms with Crippen molar-refractivity contribution in [2.24, 2.45) is 12.0 Å². The maximum Gasteiger partial charge on any atom is 0.416 e. The van der Waals surface area contributed by atoms with Gasteiger partial charge in [0.05, 0.1) is 30.9 Å². The van der Waals surface area contributed by atoms with E-state index in [0.29, 0.717) is 18.6 Å². The Kier molecular flexibility index (Phi) is 6.36. The maximum absolute atomic E-state index is 13.2. The number of rotatable bonds is 4. The smallest absolute Gasteiger partial charge is 0.416 e. The number of carbonyl (C=O) groups excluding carboxylic acids is 1. The molecule has 1 aliphatic heterocycles. The van der Waals surface area contributed by atoms with Crippen LogP contribution >= 0.6 is 0 Å². The highest BCUT2D eigenvalue weighted by Crippen LogP contribution is 2.32. The van der Waals surface area contributed by atoms with Crippen molar-refractivity contribution in [1.29, 1.82) is 0 Å². The molecule has 0 radical (unpaired) electrons. The minimum Gasteiger partial charge on any atom is -0.496 e. The van der Waals surface area contributed by atoms with Gasteiger partial charge in [-0.2, -0.15) is 18.2 Å². The first-order chi connectivity index (χ1) is 14.4. The molecule has 1 aromatic carbocycles. The van der Waals surface area contributed by atoms with Crippen molar-refractivity contribution >= 4 is 5.91 Å². The van der Waals surface area contributed by atoms with Crippen LogP contribution in [0.3, 0.4) is 0 Å². The standard InChI is InChI=1S/C22H28F3N3O3/c1-21(2,3)18-12-19(28(27(18)4)13-15-7-6-10-31-15)26-20(29)16-11-14(22(23,24)25)8-9-17(16)30-5/h8-9,11-12,15H,6-7,10,13H2,1-5H3/b26-19+/t15-/m1/s1. The van der Waals surface area contributed by atoms with Crippen LogP contribution in [0.1, 0.15) is 55.2 Å². The zero-order valence-corrected chi connectivity index (χ0v) is 18.4. The van der Waals surface area contributed by atoms with Crippen molar-refractivity contribution in [1.82, 2.24) is 9.36 Å². The summed E-state index contributed by atoms with van der Waals surface area (Å²) in [7, 11) is 3.18. The van der Waals surface area contributed by atoms with Crippen LogP contribution in [0.2, 0.25) is 0 Å². The predicted octanol–water partition coefficient (Wildman–Crippen LogP) is 4.07. The number of hydrogen-bond acceptors (Lipinski definition) is 3. The normalized spacial score (nSPS) is 17.9. The molecule has 0 N–H and O–H groups in total. The molecule has 2 aromatic rings. The Balaban J connectivity index is 2.11. The fourth-order valence-electron chi connectivity index (χ4n) is 3.78. The van der Waals surface area contributed by atoms with Gasteiger partial charge in [-0.25, -0.2) is 0 Å². The third kappa shape index (κ3) is 5.03. The lowest BCUT2D eigenvalue weighted by Gasteiger charge is -2.21. The number of hydrogen-bond donors (Lipinski definition) is 0. The Labute approximate surface area is 179 Å². The number of amides is 1. The minimum absolute atomic E-state index is 0.00133. The fourth-order valence-corrected chi connectivity index (χ4v) is 3.78. The van der Waals surface area contributed by atoms with Gasteiger partial charge in [0.25, 0.3) is 5.91 Å². The van der Waals surface area contributed by atoms with Crippen molar-refractivity contribution in [3.05, 3.63) is 46.6 Å². The van der Waals surface area contributed by atoms with Gasteiger partial charge >= 0.3 is 6.18 Å². The quantitative estimate of drug-likeness (QED) is 0.722. The second-order valence-corrected chi connectivity index (χ2v) is 8.71. The van der Waals surface area contributed by atoms with Gasteiger partial charge in [-0.15, -0.1) is 0 Å². The van der Waals surface area contributed by atoms with E-state index < -0.39 is 17.6 Å². The van der Waals surface area contributed by atoms with E-state index in [1.54, 1.807) is 6.07 Å². The topological polar surface area (TPSA) is 57.8 Å². The monoisotopic (exact) mass is 439 g/mol. The van der Waals surface area contributed by atoms with E-state index in [0.717, 1.165) is 36.7 Å². The highest BCUT2D eigenvalue weighted by atomic mass is 19.4. The zero-order valence-electron chi connectivity index (χ0n) is 18.4. The number of methoxy groups -OCH3 is 1. The first-order valence-corrected chi connectivity index (χ1v) is 10.1. The van der Waals surface area contributed by atoms with Crippen LogP contribution in [-0.4, -0.2) is 35.1 Å². The van der Waals surface area contributed by atoms with Crippen molar-refractivity contribution in [2.45, 2.75) is 57.9 Å². The zero-order chi connectivity index (χ0) is 23.0. The summed E-state index contributed by atoms with van der Waals surface area (Å²) in [4.78, 5) is 17.2. The molecule has 0 saturated carbocycles. The van der Waals surface area contributed by atoms with E-state index in [1.807, 2.05) is 37.2 Å². The van der Waals surface area contributed by atoms with Gasteiger partial charge in [-0.05, 0) is 31.0 Å². The summed E-state index contributed by atoms with van der Waals surface area (Å²) in [6.45, 7) is 7.31. The van der Waals surface area contributed by atoms with Gasteiger partial charge in [0.2, 0.25) is 0 Å². The molecular formula is C22H28F3N3O3. The summed E-state index contributed by atoms with van der Waals surface area (Å²) in [6.07, 6.45) is -2.71. The maximum atomic E-state index is 13.2. The lowest BCUT2D eigenvalue weighted by molar-refractivity contribution is -0.137. The van der Waals surface area contributed by atoms with Crippen molar-refractivity contribution in [3.63, 3.8) is 0 Å². The van der Waals surface area contributed by atoms with Crippen LogP contribution in [0.15, 0.2) is 29.3 Å². The second-order valence-electron chi connectivity index (χ2n) is 8.71. The number of alkyl halides is 3. The summed E-state index contributed by atoms with van der Waals surface area (Å²) in [5.41, 5.74) is -0.0808. The number of halogens is 3. The summed E-state index contributed by atoms with van der Waals surface area (Å²) in [5, 5.41) is 0. The molecule has 9 heteroatoms. The minimum atomic E-state index is -4.58. The van der Waals surface area contributed by atoms with Crippen LogP contribution in [-0.2, 0) is 29.9 Å². The van der Waals surface area contributed by atoms with Gasteiger partial charge in [0.1, 0.15) is 5.75 Å². The average molecular weight is 439 g/mol. The number of carbonyl (C=O) groups is 1. The highest BCUT2D eigenvalue weighted by Gasteiger charge is 2.32. The molecule has 6 nitrogen and oxygen atoms in total. The Morgan fingerprint density at radius 3 is 2.52 bits per heavy atom. The Bertz CT molecular complexity index is 1020. The van der Waals surface area contributed by atoms with Crippen LogP contribution in [0.25, 0.3) is 0 Å². The molecule has 3 rings (SSSR count). The average Bonchev–Trinajstić information content (AvgIpc) is 3.30. The summed E-state index contributed by atoms with van der Waals surface area (Å²) in [6, 6.07) is 4.60. The van der Waals surface area contributed by atoms with Crippen LogP contribution in [0.5, 0.6) is 5.75 Å². The SMILES string of the molecule is COc1ccc(C(F)(F)F)cc1C(=O)/N=c1\cc(C(C)(C)C)n(C)n1C[C@H]1CCCO1. The van der Waals surface area contributed by atoms with E-state index in [9.17, 15) is 18.0 Å². The van der Waals surface area contributed by atoms with E-state index >= 15 is 0 Å². The molecule has 2 heterocycles. The van der Waals surface area contributed by atoms with Crippen LogP contribution < -0.4 is 10.2 Å². The molecule has 0 unspecified atom stereocenters. The number of nitrogens with zero attached hydrogens (tertiary/aromatic N) is 3. The van der Waals surface area contributed by atoms with Gasteiger partial charge in [0, 0.05) is 30.8 Å². The molecule has 0 bridgehead atoms. The third-order valence-electron chi connectivity index (χ3n) is 5.38. The first-order valence-electron chi connectivity index (χ1n) is 10.1. The lowest BCUT2D eigenvalue weighted by Crippen LogP contribution is -2.30. The van der Waals surface area contributed by atoms with E-state index in [4.69, 9.17) is 9.47 Å². The van der Waals surface area contributed by atoms with Crippen LogP contribution in [0.4, 0.5) is 13.2 Å². The fraction of sp³-hybridized carbons (Fsp3) is 0.545. The summed E-state index contributed by atoms with van der Waals surface area (Å²) < 4.78 is 54.1. The van der Waals surface area contributed by atoms with E-state index in [-0.39, 0.29) is 22.8 Å². The summed E-state index contributed by atoms with van der Waals surface area (Å²) >= 11 is 0. The van der Waals surface area contributed by atoms with E-state index in [1.165, 1.54) is 7.11 Å². The Hall–Kier alpha value is -2.55. The largest absolute Gasteiger partial charge is 0.496 e. The molecule has 0 spiro atoms. The number of benzene rings is 1. The van der Waals surface area contributed by atoms with Crippen molar-refractivity contribution < 1.29 is 27.4 Å². The highest BCUT2D eigenvalue weighted by molar-refractivity contribution is 5.97. The van der Waals surface area contributed by atoms with E-state index in [2.05, 4.69) is 4.99 Å². The van der Waals surface area contributed by atoms with Crippen molar-refractivity contribution in [2.75, 3.05) is 13.7 Å². The molecule has 170 valence electrons. The lowest BCUT2D eigenvalue weighted by atomic mass is 9.92. The first kappa shape index (κ1) is 23.1. The van der Waals surface area contributed by atoms with Gasteiger partial charge < -0.3 is 9.47 Å². The Morgan fingerprint density at radius 2 is 1.97 bits per heavy atom. The predicted molar refractivity (Wildman–Crippen MR) is 109 cm³/mol. The molecule has 1 amide bonds. The molecule has 0 aliphatic carbocycles. The second kappa shape index (κ2) is 8.53.